The average Bonchev–Trinajstić information content (AvgIpc) is 2.42. The summed E-state index contributed by atoms with van der Waals surface area (Å²) in [7, 11) is 0. The molecule has 0 bridgehead atoms. The molecule has 1 aromatic rings. The maximum absolute atomic E-state index is 12.2. The lowest BCUT2D eigenvalue weighted by atomic mass is 9.84. The van der Waals surface area contributed by atoms with Gasteiger partial charge in [-0.15, -0.1) is 0 Å². The minimum atomic E-state index is 0.0497. The van der Waals surface area contributed by atoms with Gasteiger partial charge in [0.1, 0.15) is 0 Å². The molecule has 1 aliphatic rings. The maximum Gasteiger partial charge on any atom is 0.251 e. The molecule has 1 aromatic carbocycles. The van der Waals surface area contributed by atoms with Crippen LogP contribution in [0.15, 0.2) is 22.7 Å². The highest BCUT2D eigenvalue weighted by Crippen LogP contribution is 2.26. The molecule has 0 heterocycles. The highest BCUT2D eigenvalue weighted by atomic mass is 79.9. The molecule has 1 amide bonds. The first-order chi connectivity index (χ1) is 9.08. The number of nitrogens with one attached hydrogen (secondary N) is 1. The third-order valence-electron chi connectivity index (χ3n) is 4.14. The van der Waals surface area contributed by atoms with E-state index in [2.05, 4.69) is 28.2 Å². The van der Waals surface area contributed by atoms with Crippen LogP contribution in [-0.2, 0) is 0 Å². The Morgan fingerprint density at radius 3 is 2.63 bits per heavy atom. The van der Waals surface area contributed by atoms with E-state index in [1.54, 1.807) is 0 Å². The summed E-state index contributed by atoms with van der Waals surface area (Å²) in [6.45, 7) is 4.14. The molecule has 1 saturated carbocycles. The van der Waals surface area contributed by atoms with Crippen molar-refractivity contribution in [2.45, 2.75) is 52.0 Å². The predicted molar refractivity (Wildman–Crippen MR) is 82.4 cm³/mol. The van der Waals surface area contributed by atoms with Gasteiger partial charge in [-0.2, -0.15) is 0 Å². The molecule has 2 nitrogen and oxygen atoms in total. The van der Waals surface area contributed by atoms with Crippen molar-refractivity contribution in [2.75, 3.05) is 0 Å². The normalized spacial score (nSPS) is 18.1. The van der Waals surface area contributed by atoms with Gasteiger partial charge in [0.25, 0.3) is 5.91 Å². The van der Waals surface area contributed by atoms with Crippen LogP contribution in [0.25, 0.3) is 0 Å². The molecule has 1 atom stereocenters. The Bertz CT molecular complexity index is 452. The van der Waals surface area contributed by atoms with Crippen molar-refractivity contribution in [3.05, 3.63) is 33.8 Å². The number of benzene rings is 1. The van der Waals surface area contributed by atoms with Crippen LogP contribution >= 0.6 is 15.9 Å². The summed E-state index contributed by atoms with van der Waals surface area (Å²) >= 11 is 3.46. The van der Waals surface area contributed by atoms with Gasteiger partial charge < -0.3 is 5.32 Å². The lowest BCUT2D eigenvalue weighted by molar-refractivity contribution is 0.0919. The zero-order valence-electron chi connectivity index (χ0n) is 11.7. The first-order valence-electron chi connectivity index (χ1n) is 7.15. The summed E-state index contributed by atoms with van der Waals surface area (Å²) in [5.74, 6) is 0.697. The Kier molecular flexibility index (Phi) is 5.03. The third-order valence-corrected chi connectivity index (χ3v) is 5.03. The number of hydrogen-bond acceptors (Lipinski definition) is 1. The zero-order chi connectivity index (χ0) is 13.8. The molecule has 1 unspecified atom stereocenters. The van der Waals surface area contributed by atoms with Gasteiger partial charge in [0.2, 0.25) is 0 Å². The second-order valence-electron chi connectivity index (χ2n) is 5.62. The Morgan fingerprint density at radius 2 is 2.00 bits per heavy atom. The topological polar surface area (TPSA) is 29.1 Å². The Morgan fingerprint density at radius 1 is 1.32 bits per heavy atom. The first-order valence-corrected chi connectivity index (χ1v) is 7.94. The van der Waals surface area contributed by atoms with Crippen molar-refractivity contribution in [2.24, 2.45) is 5.92 Å². The largest absolute Gasteiger partial charge is 0.349 e. The van der Waals surface area contributed by atoms with Crippen molar-refractivity contribution >= 4 is 21.8 Å². The highest BCUT2D eigenvalue weighted by molar-refractivity contribution is 9.10. The molecule has 2 rings (SSSR count). The van der Waals surface area contributed by atoms with E-state index in [-0.39, 0.29) is 11.9 Å². The summed E-state index contributed by atoms with van der Waals surface area (Å²) in [4.78, 5) is 12.2. The molecule has 104 valence electrons. The van der Waals surface area contributed by atoms with Crippen molar-refractivity contribution in [3.63, 3.8) is 0 Å². The van der Waals surface area contributed by atoms with Crippen LogP contribution in [0.5, 0.6) is 0 Å². The fourth-order valence-electron chi connectivity index (χ4n) is 2.83. The molecule has 0 aromatic heterocycles. The highest BCUT2D eigenvalue weighted by Gasteiger charge is 2.21. The summed E-state index contributed by atoms with van der Waals surface area (Å²) in [6.07, 6.45) is 6.47. The van der Waals surface area contributed by atoms with E-state index in [9.17, 15) is 4.79 Å². The zero-order valence-corrected chi connectivity index (χ0v) is 13.3. The average molecular weight is 324 g/mol. The SMILES string of the molecule is Cc1cc(C(=O)NC(C)C2CCCCC2)ccc1Br. The third kappa shape index (κ3) is 3.82. The van der Waals surface area contributed by atoms with E-state index in [1.807, 2.05) is 25.1 Å². The molecule has 0 spiro atoms. The van der Waals surface area contributed by atoms with E-state index in [4.69, 9.17) is 0 Å². The van der Waals surface area contributed by atoms with E-state index >= 15 is 0 Å². The second-order valence-corrected chi connectivity index (χ2v) is 6.48. The minimum absolute atomic E-state index is 0.0497. The molecule has 19 heavy (non-hydrogen) atoms. The van der Waals surface area contributed by atoms with Gasteiger partial charge in [-0.25, -0.2) is 0 Å². The number of carbonyl (C=O) groups is 1. The van der Waals surface area contributed by atoms with Crippen molar-refractivity contribution < 1.29 is 4.79 Å². The number of carbonyl (C=O) groups excluding carboxylic acids is 1. The predicted octanol–water partition coefficient (Wildman–Crippen LogP) is 4.46. The fraction of sp³-hybridized carbons (Fsp3) is 0.562. The smallest absolute Gasteiger partial charge is 0.251 e. The lowest BCUT2D eigenvalue weighted by Gasteiger charge is -2.28. The minimum Gasteiger partial charge on any atom is -0.349 e. The summed E-state index contributed by atoms with van der Waals surface area (Å²) in [6, 6.07) is 6.03. The van der Waals surface area contributed by atoms with Crippen LogP contribution in [-0.4, -0.2) is 11.9 Å². The summed E-state index contributed by atoms with van der Waals surface area (Å²) in [5, 5.41) is 3.16. The van der Waals surface area contributed by atoms with E-state index < -0.39 is 0 Å². The molecule has 1 N–H and O–H groups in total. The standard InChI is InChI=1S/C16H22BrNO/c1-11-10-14(8-9-15(11)17)16(19)18-12(2)13-6-4-3-5-7-13/h8-10,12-13H,3-7H2,1-2H3,(H,18,19). The molecular formula is C16H22BrNO. The van der Waals surface area contributed by atoms with Gasteiger partial charge in [-0.3, -0.25) is 4.79 Å². The van der Waals surface area contributed by atoms with Crippen LogP contribution in [0.4, 0.5) is 0 Å². The number of aryl methyl sites for hydroxylation is 1. The van der Waals surface area contributed by atoms with Gasteiger partial charge in [-0.05, 0) is 56.4 Å². The molecule has 1 aliphatic carbocycles. The lowest BCUT2D eigenvalue weighted by Crippen LogP contribution is -2.38. The van der Waals surface area contributed by atoms with Gasteiger partial charge in [0.05, 0.1) is 0 Å². The molecule has 0 saturated heterocycles. The molecule has 3 heteroatoms. The van der Waals surface area contributed by atoms with E-state index in [0.29, 0.717) is 5.92 Å². The molecule has 1 fully saturated rings. The molecule has 0 aliphatic heterocycles. The number of amides is 1. The molecular weight excluding hydrogens is 302 g/mol. The van der Waals surface area contributed by atoms with Crippen LogP contribution in [0.3, 0.4) is 0 Å². The van der Waals surface area contributed by atoms with Gasteiger partial charge in [-0.1, -0.05) is 35.2 Å². The van der Waals surface area contributed by atoms with E-state index in [1.165, 1.54) is 32.1 Å². The summed E-state index contributed by atoms with van der Waals surface area (Å²) in [5.41, 5.74) is 1.85. The van der Waals surface area contributed by atoms with Gasteiger partial charge >= 0.3 is 0 Å². The number of halogens is 1. The van der Waals surface area contributed by atoms with Crippen molar-refractivity contribution in [1.29, 1.82) is 0 Å². The van der Waals surface area contributed by atoms with Crippen LogP contribution in [0.2, 0.25) is 0 Å². The Hall–Kier alpha value is -0.830. The van der Waals surface area contributed by atoms with Crippen LogP contribution in [0.1, 0.15) is 54.9 Å². The quantitative estimate of drug-likeness (QED) is 0.874. The first kappa shape index (κ1) is 14.6. The van der Waals surface area contributed by atoms with Crippen molar-refractivity contribution in [3.8, 4) is 0 Å². The number of hydrogen-bond donors (Lipinski definition) is 1. The van der Waals surface area contributed by atoms with Crippen molar-refractivity contribution in [1.82, 2.24) is 5.32 Å². The molecule has 0 radical (unpaired) electrons. The van der Waals surface area contributed by atoms with Gasteiger partial charge in [0, 0.05) is 16.1 Å². The monoisotopic (exact) mass is 323 g/mol. The Labute approximate surface area is 124 Å². The van der Waals surface area contributed by atoms with Gasteiger partial charge in [0.15, 0.2) is 0 Å². The van der Waals surface area contributed by atoms with Crippen LogP contribution in [0, 0.1) is 12.8 Å². The second kappa shape index (κ2) is 6.56. The van der Waals surface area contributed by atoms with Crippen LogP contribution < -0.4 is 5.32 Å². The summed E-state index contributed by atoms with van der Waals surface area (Å²) < 4.78 is 1.05. The number of rotatable bonds is 3. The van der Waals surface area contributed by atoms with E-state index in [0.717, 1.165) is 15.6 Å². The maximum atomic E-state index is 12.2. The Balaban J connectivity index is 1.97. The fourth-order valence-corrected chi connectivity index (χ4v) is 3.07.